The molecule has 1 aromatic heterocycles. The highest BCUT2D eigenvalue weighted by molar-refractivity contribution is 5.73. The maximum absolute atomic E-state index is 2.30. The van der Waals surface area contributed by atoms with Crippen LogP contribution in [0.15, 0.2) is 60.9 Å². The number of rotatable bonds is 2. The molecular weight excluding hydrogens is 232 g/mol. The van der Waals surface area contributed by atoms with E-state index in [0.29, 0.717) is 0 Å². The largest absolute Gasteiger partial charge is 0.368 e. The molecule has 0 N–H and O–H groups in total. The van der Waals surface area contributed by atoms with Crippen LogP contribution in [0.2, 0.25) is 0 Å². The van der Waals surface area contributed by atoms with Crippen LogP contribution in [0.4, 0.5) is 0 Å². The highest BCUT2D eigenvalue weighted by Gasteiger charge is 2.15. The molecule has 0 aliphatic carbocycles. The first-order valence-corrected chi connectivity index (χ1v) is 6.57. The van der Waals surface area contributed by atoms with E-state index < -0.39 is 0 Å². The number of aryl methyl sites for hydroxylation is 1. The van der Waals surface area contributed by atoms with Crippen LogP contribution < -0.4 is 0 Å². The van der Waals surface area contributed by atoms with Crippen molar-refractivity contribution in [3.8, 4) is 0 Å². The summed E-state index contributed by atoms with van der Waals surface area (Å²) in [5.41, 5.74) is 5.21. The molecule has 96 valence electrons. The Kier molecular flexibility index (Phi) is 3.00. The molecular formula is C17H18N2. The minimum Gasteiger partial charge on any atom is -0.368 e. The van der Waals surface area contributed by atoms with Crippen molar-refractivity contribution in [1.29, 1.82) is 0 Å². The van der Waals surface area contributed by atoms with Gasteiger partial charge in [-0.25, -0.2) is 0 Å². The summed E-state index contributed by atoms with van der Waals surface area (Å²) >= 11 is 0. The fourth-order valence-corrected chi connectivity index (χ4v) is 2.53. The van der Waals surface area contributed by atoms with Gasteiger partial charge in [0.05, 0.1) is 6.54 Å². The van der Waals surface area contributed by atoms with Gasteiger partial charge in [0.2, 0.25) is 0 Å². The first-order valence-electron chi connectivity index (χ1n) is 6.57. The standard InChI is InChI=1S/C17H18N2/c1-14-7-3-4-8-16(14)17-10-9-15(13-18(17)2)19-11-5-6-12-19/h3-12H,13H2,1-2H3. The third-order valence-corrected chi connectivity index (χ3v) is 3.60. The van der Waals surface area contributed by atoms with Crippen LogP contribution in [-0.4, -0.2) is 23.1 Å². The lowest BCUT2D eigenvalue weighted by Crippen LogP contribution is -2.23. The fourth-order valence-electron chi connectivity index (χ4n) is 2.53. The maximum Gasteiger partial charge on any atom is 0.0582 e. The Bertz CT molecular complexity index is 633. The van der Waals surface area contributed by atoms with Gasteiger partial charge in [-0.3, -0.25) is 0 Å². The van der Waals surface area contributed by atoms with Crippen molar-refractivity contribution < 1.29 is 0 Å². The van der Waals surface area contributed by atoms with Gasteiger partial charge in [-0.05, 0) is 36.8 Å². The number of hydrogen-bond donors (Lipinski definition) is 0. The molecule has 1 aliphatic rings. The van der Waals surface area contributed by atoms with Crippen LogP contribution in [0.25, 0.3) is 11.4 Å². The van der Waals surface area contributed by atoms with E-state index in [0.717, 1.165) is 6.54 Å². The van der Waals surface area contributed by atoms with Crippen LogP contribution in [0.3, 0.4) is 0 Å². The lowest BCUT2D eigenvalue weighted by Gasteiger charge is -2.28. The maximum atomic E-state index is 2.30. The van der Waals surface area contributed by atoms with Crippen molar-refractivity contribution in [3.05, 3.63) is 72.1 Å². The summed E-state index contributed by atoms with van der Waals surface area (Å²) in [6, 6.07) is 12.6. The Morgan fingerprint density at radius 1 is 0.947 bits per heavy atom. The number of allylic oxidation sites excluding steroid dienone is 2. The van der Waals surface area contributed by atoms with Crippen molar-refractivity contribution in [2.75, 3.05) is 13.6 Å². The van der Waals surface area contributed by atoms with Crippen molar-refractivity contribution in [2.45, 2.75) is 6.92 Å². The van der Waals surface area contributed by atoms with Crippen LogP contribution in [0.5, 0.6) is 0 Å². The molecule has 19 heavy (non-hydrogen) atoms. The SMILES string of the molecule is Cc1ccccc1C1=CC=C(n2cccc2)CN1C. The lowest BCUT2D eigenvalue weighted by atomic mass is 10.0. The number of likely N-dealkylation sites (N-methyl/N-ethyl adjacent to an activating group) is 1. The van der Waals surface area contributed by atoms with Crippen LogP contribution >= 0.6 is 0 Å². The predicted octanol–water partition coefficient (Wildman–Crippen LogP) is 3.62. The molecule has 2 heterocycles. The topological polar surface area (TPSA) is 8.17 Å². The van der Waals surface area contributed by atoms with Gasteiger partial charge in [0.25, 0.3) is 0 Å². The second kappa shape index (κ2) is 4.81. The molecule has 2 nitrogen and oxygen atoms in total. The van der Waals surface area contributed by atoms with E-state index in [1.54, 1.807) is 0 Å². The van der Waals surface area contributed by atoms with Gasteiger partial charge in [-0.1, -0.05) is 24.3 Å². The predicted molar refractivity (Wildman–Crippen MR) is 80.5 cm³/mol. The van der Waals surface area contributed by atoms with Gasteiger partial charge in [-0.15, -0.1) is 0 Å². The highest BCUT2D eigenvalue weighted by Crippen LogP contribution is 2.26. The molecule has 1 aliphatic heterocycles. The molecule has 0 unspecified atom stereocenters. The molecule has 0 bridgehead atoms. The Balaban J connectivity index is 1.98. The zero-order valence-corrected chi connectivity index (χ0v) is 11.4. The Labute approximate surface area is 114 Å². The summed E-state index contributed by atoms with van der Waals surface area (Å²) in [7, 11) is 2.15. The van der Waals surface area contributed by atoms with E-state index in [2.05, 4.69) is 84.4 Å². The normalized spacial score (nSPS) is 15.2. The molecule has 0 saturated carbocycles. The molecule has 2 aromatic rings. The molecule has 0 amide bonds. The number of benzene rings is 1. The summed E-state index contributed by atoms with van der Waals surface area (Å²) in [5.74, 6) is 0. The minimum absolute atomic E-state index is 0.925. The quantitative estimate of drug-likeness (QED) is 0.790. The van der Waals surface area contributed by atoms with Gasteiger partial charge in [0, 0.05) is 36.4 Å². The summed E-state index contributed by atoms with van der Waals surface area (Å²) < 4.78 is 2.17. The van der Waals surface area contributed by atoms with Crippen LogP contribution in [-0.2, 0) is 0 Å². The summed E-state index contributed by atoms with van der Waals surface area (Å²) in [5, 5.41) is 0. The Morgan fingerprint density at radius 3 is 2.37 bits per heavy atom. The molecule has 2 heteroatoms. The Hall–Kier alpha value is -2.22. The van der Waals surface area contributed by atoms with Gasteiger partial charge in [-0.2, -0.15) is 0 Å². The first-order chi connectivity index (χ1) is 9.25. The van der Waals surface area contributed by atoms with Crippen LogP contribution in [0.1, 0.15) is 11.1 Å². The summed E-state index contributed by atoms with van der Waals surface area (Å²) in [6.07, 6.45) is 8.60. The van der Waals surface area contributed by atoms with Crippen molar-refractivity contribution >= 4 is 11.4 Å². The van der Waals surface area contributed by atoms with Gasteiger partial charge >= 0.3 is 0 Å². The van der Waals surface area contributed by atoms with Crippen molar-refractivity contribution in [2.24, 2.45) is 0 Å². The third kappa shape index (κ3) is 2.22. The van der Waals surface area contributed by atoms with E-state index in [-0.39, 0.29) is 0 Å². The second-order valence-corrected chi connectivity index (χ2v) is 4.97. The molecule has 1 aromatic carbocycles. The minimum atomic E-state index is 0.925. The summed E-state index contributed by atoms with van der Waals surface area (Å²) in [6.45, 7) is 3.09. The van der Waals surface area contributed by atoms with Crippen LogP contribution in [0, 0.1) is 6.92 Å². The molecule has 0 spiro atoms. The first kappa shape index (κ1) is 11.8. The third-order valence-electron chi connectivity index (χ3n) is 3.60. The number of aromatic nitrogens is 1. The summed E-state index contributed by atoms with van der Waals surface area (Å²) in [4.78, 5) is 2.30. The smallest absolute Gasteiger partial charge is 0.0582 e. The molecule has 0 radical (unpaired) electrons. The highest BCUT2D eigenvalue weighted by atomic mass is 15.1. The zero-order valence-electron chi connectivity index (χ0n) is 11.4. The number of hydrogen-bond acceptors (Lipinski definition) is 1. The van der Waals surface area contributed by atoms with Gasteiger partial charge in [0.15, 0.2) is 0 Å². The zero-order chi connectivity index (χ0) is 13.2. The van der Waals surface area contributed by atoms with E-state index in [1.807, 2.05) is 0 Å². The van der Waals surface area contributed by atoms with E-state index in [1.165, 1.54) is 22.5 Å². The number of nitrogens with zero attached hydrogens (tertiary/aromatic N) is 2. The Morgan fingerprint density at radius 2 is 1.68 bits per heavy atom. The van der Waals surface area contributed by atoms with E-state index in [4.69, 9.17) is 0 Å². The second-order valence-electron chi connectivity index (χ2n) is 4.97. The molecule has 0 saturated heterocycles. The van der Waals surface area contributed by atoms with Gasteiger partial charge in [0.1, 0.15) is 0 Å². The fraction of sp³-hybridized carbons (Fsp3) is 0.176. The van der Waals surface area contributed by atoms with Crippen molar-refractivity contribution in [1.82, 2.24) is 9.47 Å². The molecule has 3 rings (SSSR count). The molecule has 0 fully saturated rings. The van der Waals surface area contributed by atoms with Crippen molar-refractivity contribution in [3.63, 3.8) is 0 Å². The lowest BCUT2D eigenvalue weighted by molar-refractivity contribution is 0.529. The van der Waals surface area contributed by atoms with Gasteiger partial charge < -0.3 is 9.47 Å². The molecule has 0 atom stereocenters. The van der Waals surface area contributed by atoms with E-state index >= 15 is 0 Å². The average Bonchev–Trinajstić information content (AvgIpc) is 2.94. The average molecular weight is 250 g/mol. The monoisotopic (exact) mass is 250 g/mol. The van der Waals surface area contributed by atoms with E-state index in [9.17, 15) is 0 Å².